The molecule has 0 spiro atoms. The van der Waals surface area contributed by atoms with Gasteiger partial charge in [-0.1, -0.05) is 36.2 Å². The molecule has 0 N–H and O–H groups in total. The minimum atomic E-state index is 0.457. The number of rotatable bonds is 2. The van der Waals surface area contributed by atoms with E-state index in [1.807, 2.05) is 6.07 Å². The molecular weight excluding hydrogens is 255 g/mol. The van der Waals surface area contributed by atoms with Crippen molar-refractivity contribution in [3.63, 3.8) is 0 Å². The van der Waals surface area contributed by atoms with Crippen LogP contribution < -0.4 is 0 Å². The molecule has 0 aromatic carbocycles. The third kappa shape index (κ3) is 3.34. The summed E-state index contributed by atoms with van der Waals surface area (Å²) in [5.41, 5.74) is 1.07. The number of hydrogen-bond acceptors (Lipinski definition) is 2. The maximum atomic E-state index is 6.10. The van der Waals surface area contributed by atoms with Gasteiger partial charge < -0.3 is 0 Å². The van der Waals surface area contributed by atoms with E-state index in [0.717, 1.165) is 24.6 Å². The summed E-state index contributed by atoms with van der Waals surface area (Å²) in [4.78, 5) is 6.55. The zero-order valence-electron chi connectivity index (χ0n) is 10.3. The zero-order chi connectivity index (χ0) is 12.4. The smallest absolute Gasteiger partial charge is 0.135 e. The summed E-state index contributed by atoms with van der Waals surface area (Å²) < 4.78 is 0. The molecule has 2 heterocycles. The molecule has 17 heavy (non-hydrogen) atoms. The fourth-order valence-electron chi connectivity index (χ4n) is 2.47. The van der Waals surface area contributed by atoms with Gasteiger partial charge in [-0.25, -0.2) is 4.98 Å². The zero-order valence-corrected chi connectivity index (χ0v) is 11.8. The van der Waals surface area contributed by atoms with Crippen LogP contribution in [0.3, 0.4) is 0 Å². The summed E-state index contributed by atoms with van der Waals surface area (Å²) in [6.07, 6.45) is 2.53. The first-order chi connectivity index (χ1) is 8.06. The Labute approximate surface area is 113 Å². The lowest BCUT2D eigenvalue weighted by Crippen LogP contribution is -2.39. The van der Waals surface area contributed by atoms with Crippen molar-refractivity contribution in [2.24, 2.45) is 5.92 Å². The largest absolute Gasteiger partial charge is 0.296 e. The Kier molecular flexibility index (Phi) is 4.29. The van der Waals surface area contributed by atoms with E-state index in [2.05, 4.69) is 23.7 Å². The first-order valence-electron chi connectivity index (χ1n) is 6.11. The van der Waals surface area contributed by atoms with Gasteiger partial charge in [0.2, 0.25) is 0 Å². The monoisotopic (exact) mass is 272 g/mol. The maximum absolute atomic E-state index is 6.10. The summed E-state index contributed by atoms with van der Waals surface area (Å²) in [5, 5.41) is 0.988. The lowest BCUT2D eigenvalue weighted by Gasteiger charge is -2.36. The van der Waals surface area contributed by atoms with Crippen molar-refractivity contribution in [2.45, 2.75) is 39.3 Å². The molecular formula is C13H18Cl2N2. The molecule has 94 valence electrons. The molecule has 0 bridgehead atoms. The van der Waals surface area contributed by atoms with Gasteiger partial charge in [-0.05, 0) is 38.3 Å². The number of halogens is 2. The highest BCUT2D eigenvalue weighted by Crippen LogP contribution is 2.25. The molecule has 1 aromatic heterocycles. The lowest BCUT2D eigenvalue weighted by atomic mass is 9.93. The first-order valence-corrected chi connectivity index (χ1v) is 6.87. The van der Waals surface area contributed by atoms with Gasteiger partial charge in [0.25, 0.3) is 0 Å². The van der Waals surface area contributed by atoms with E-state index >= 15 is 0 Å². The van der Waals surface area contributed by atoms with Crippen LogP contribution in [-0.4, -0.2) is 22.5 Å². The summed E-state index contributed by atoms with van der Waals surface area (Å²) in [6, 6.07) is 4.40. The van der Waals surface area contributed by atoms with Crippen LogP contribution in [0.4, 0.5) is 0 Å². The average molecular weight is 273 g/mol. The second-order valence-electron chi connectivity index (χ2n) is 5.03. The fraction of sp³-hybridized carbons (Fsp3) is 0.615. The molecule has 0 aliphatic carbocycles. The van der Waals surface area contributed by atoms with Gasteiger partial charge in [-0.2, -0.15) is 0 Å². The summed E-state index contributed by atoms with van der Waals surface area (Å²) in [6.45, 7) is 6.62. The molecule has 0 saturated carbocycles. The molecule has 1 aromatic rings. The minimum Gasteiger partial charge on any atom is -0.296 e. The van der Waals surface area contributed by atoms with Gasteiger partial charge in [0.15, 0.2) is 0 Å². The van der Waals surface area contributed by atoms with E-state index in [-0.39, 0.29) is 0 Å². The topological polar surface area (TPSA) is 16.1 Å². The quantitative estimate of drug-likeness (QED) is 0.757. The van der Waals surface area contributed by atoms with E-state index in [0.29, 0.717) is 16.3 Å². The molecule has 2 nitrogen and oxygen atoms in total. The number of likely N-dealkylation sites (tertiary alicyclic amines) is 1. The number of nitrogens with zero attached hydrogens (tertiary/aromatic N) is 2. The number of piperidine rings is 1. The highest BCUT2D eigenvalue weighted by atomic mass is 35.5. The van der Waals surface area contributed by atoms with E-state index in [4.69, 9.17) is 23.2 Å². The molecule has 2 rings (SSSR count). The molecule has 1 aliphatic rings. The molecule has 1 aliphatic heterocycles. The first kappa shape index (κ1) is 13.1. The Bertz CT molecular complexity index is 395. The Morgan fingerprint density at radius 3 is 2.76 bits per heavy atom. The Balaban J connectivity index is 2.05. The van der Waals surface area contributed by atoms with E-state index in [9.17, 15) is 0 Å². The van der Waals surface area contributed by atoms with Crippen LogP contribution in [0.2, 0.25) is 10.3 Å². The predicted octanol–water partition coefficient (Wildman–Crippen LogP) is 4.01. The van der Waals surface area contributed by atoms with Gasteiger partial charge in [-0.15, -0.1) is 0 Å². The van der Waals surface area contributed by atoms with Crippen LogP contribution in [0.15, 0.2) is 12.1 Å². The molecule has 2 unspecified atom stereocenters. The van der Waals surface area contributed by atoms with Gasteiger partial charge in [0.05, 0.1) is 0 Å². The molecule has 1 fully saturated rings. The van der Waals surface area contributed by atoms with Crippen molar-refractivity contribution in [3.05, 3.63) is 28.0 Å². The highest BCUT2D eigenvalue weighted by Gasteiger charge is 2.23. The van der Waals surface area contributed by atoms with E-state index in [1.165, 1.54) is 12.8 Å². The fourth-order valence-corrected chi connectivity index (χ4v) is 2.87. The van der Waals surface area contributed by atoms with Gasteiger partial charge in [0.1, 0.15) is 10.3 Å². The van der Waals surface area contributed by atoms with Crippen molar-refractivity contribution >= 4 is 23.2 Å². The highest BCUT2D eigenvalue weighted by molar-refractivity contribution is 6.32. The average Bonchev–Trinajstić information content (AvgIpc) is 2.25. The van der Waals surface area contributed by atoms with Gasteiger partial charge >= 0.3 is 0 Å². The summed E-state index contributed by atoms with van der Waals surface area (Å²) in [5.74, 6) is 0.833. The standard InChI is InChI=1S/C13H18Cl2N2/c1-9-5-6-17(10(2)7-9)8-11-3-4-12(14)16-13(11)15/h3-4,9-10H,5-8H2,1-2H3. The van der Waals surface area contributed by atoms with Crippen molar-refractivity contribution in [2.75, 3.05) is 6.54 Å². The van der Waals surface area contributed by atoms with Crippen LogP contribution in [0, 0.1) is 5.92 Å². The van der Waals surface area contributed by atoms with E-state index < -0.39 is 0 Å². The molecule has 0 amide bonds. The maximum Gasteiger partial charge on any atom is 0.135 e. The Morgan fingerprint density at radius 1 is 1.35 bits per heavy atom. The van der Waals surface area contributed by atoms with Crippen molar-refractivity contribution < 1.29 is 0 Å². The van der Waals surface area contributed by atoms with Crippen molar-refractivity contribution in [1.82, 2.24) is 9.88 Å². The Hall–Kier alpha value is -0.310. The number of pyridine rings is 1. The molecule has 1 saturated heterocycles. The number of hydrogen-bond donors (Lipinski definition) is 0. The molecule has 2 atom stereocenters. The summed E-state index contributed by atoms with van der Waals surface area (Å²) in [7, 11) is 0. The van der Waals surface area contributed by atoms with Crippen LogP contribution in [0.5, 0.6) is 0 Å². The normalized spacial score (nSPS) is 26.1. The summed E-state index contributed by atoms with van der Waals surface area (Å²) >= 11 is 11.9. The minimum absolute atomic E-state index is 0.457. The SMILES string of the molecule is CC1CCN(Cc2ccc(Cl)nc2Cl)C(C)C1. The lowest BCUT2D eigenvalue weighted by molar-refractivity contribution is 0.122. The van der Waals surface area contributed by atoms with Crippen LogP contribution in [0.25, 0.3) is 0 Å². The Morgan fingerprint density at radius 2 is 2.12 bits per heavy atom. The van der Waals surface area contributed by atoms with Crippen LogP contribution in [-0.2, 0) is 6.54 Å². The third-order valence-electron chi connectivity index (χ3n) is 3.54. The molecule has 4 heteroatoms. The second kappa shape index (κ2) is 5.55. The van der Waals surface area contributed by atoms with E-state index in [1.54, 1.807) is 6.07 Å². The van der Waals surface area contributed by atoms with Gasteiger partial charge in [0, 0.05) is 18.2 Å². The van der Waals surface area contributed by atoms with Crippen LogP contribution in [0.1, 0.15) is 32.3 Å². The predicted molar refractivity (Wildman–Crippen MR) is 72.5 cm³/mol. The van der Waals surface area contributed by atoms with Crippen LogP contribution >= 0.6 is 23.2 Å². The van der Waals surface area contributed by atoms with Gasteiger partial charge in [-0.3, -0.25) is 4.90 Å². The second-order valence-corrected chi connectivity index (χ2v) is 5.78. The third-order valence-corrected chi connectivity index (χ3v) is 4.08. The van der Waals surface area contributed by atoms with Crippen molar-refractivity contribution in [1.29, 1.82) is 0 Å². The van der Waals surface area contributed by atoms with Crippen molar-refractivity contribution in [3.8, 4) is 0 Å². The molecule has 0 radical (unpaired) electrons. The number of aromatic nitrogens is 1.